The van der Waals surface area contributed by atoms with Crippen LogP contribution < -0.4 is 19.6 Å². The quantitative estimate of drug-likeness (QED) is 0.142. The maximum Gasteiger partial charge on any atom is 0.318 e. The van der Waals surface area contributed by atoms with Gasteiger partial charge in [0, 0.05) is 11.6 Å². The van der Waals surface area contributed by atoms with Gasteiger partial charge in [0.25, 0.3) is 11.6 Å². The number of carbonyl (C=O) groups excluding carboxylic acids is 1. The van der Waals surface area contributed by atoms with Gasteiger partial charge < -0.3 is 14.2 Å². The molecule has 0 unspecified atom stereocenters. The SMILES string of the molecule is CCCOc1ccc(C(=O)N/N=C/c2cc(Br)c(Oc3ccc([N+](=O)[O-])cc3[N+](=O)[O-])c(Br)c2)cc1OC. The van der Waals surface area contributed by atoms with Crippen LogP contribution in [0.5, 0.6) is 23.0 Å². The van der Waals surface area contributed by atoms with Crippen molar-refractivity contribution in [2.75, 3.05) is 13.7 Å². The summed E-state index contributed by atoms with van der Waals surface area (Å²) in [6.07, 6.45) is 2.22. The first kappa shape index (κ1) is 28.5. The molecular formula is C24H20Br2N4O8. The summed E-state index contributed by atoms with van der Waals surface area (Å²) in [6, 6.07) is 11.1. The van der Waals surface area contributed by atoms with Crippen LogP contribution in [0.4, 0.5) is 11.4 Å². The molecule has 0 radical (unpaired) electrons. The zero-order valence-corrected chi connectivity index (χ0v) is 23.1. The van der Waals surface area contributed by atoms with Gasteiger partial charge in [0.1, 0.15) is 0 Å². The lowest BCUT2D eigenvalue weighted by atomic mass is 10.2. The minimum atomic E-state index is -0.769. The largest absolute Gasteiger partial charge is 0.493 e. The van der Waals surface area contributed by atoms with Gasteiger partial charge in [0.15, 0.2) is 17.2 Å². The highest BCUT2D eigenvalue weighted by Gasteiger charge is 2.23. The molecule has 0 aliphatic carbocycles. The van der Waals surface area contributed by atoms with Crippen LogP contribution >= 0.6 is 31.9 Å². The number of benzene rings is 3. The molecule has 14 heteroatoms. The average Bonchev–Trinajstić information content (AvgIpc) is 2.89. The first-order valence-electron chi connectivity index (χ1n) is 10.9. The first-order chi connectivity index (χ1) is 18.1. The Kier molecular flexibility index (Phi) is 9.73. The molecular weight excluding hydrogens is 632 g/mol. The molecule has 0 aliphatic heterocycles. The van der Waals surface area contributed by atoms with Crippen LogP contribution in [0.3, 0.4) is 0 Å². The third-order valence-corrected chi connectivity index (χ3v) is 6.03. The number of hydrogen-bond donors (Lipinski definition) is 1. The molecule has 0 atom stereocenters. The van der Waals surface area contributed by atoms with Crippen LogP contribution in [0.1, 0.15) is 29.3 Å². The van der Waals surface area contributed by atoms with E-state index < -0.39 is 27.1 Å². The molecule has 0 saturated carbocycles. The fourth-order valence-corrected chi connectivity index (χ4v) is 4.46. The predicted molar refractivity (Wildman–Crippen MR) is 146 cm³/mol. The van der Waals surface area contributed by atoms with E-state index in [-0.39, 0.29) is 11.5 Å². The minimum absolute atomic E-state index is 0.183. The molecule has 1 amide bonds. The fraction of sp³-hybridized carbons (Fsp3) is 0.167. The summed E-state index contributed by atoms with van der Waals surface area (Å²) in [4.78, 5) is 33.4. The summed E-state index contributed by atoms with van der Waals surface area (Å²) in [6.45, 7) is 2.50. The molecule has 12 nitrogen and oxygen atoms in total. The van der Waals surface area contributed by atoms with E-state index in [1.165, 1.54) is 13.3 Å². The second-order valence-electron chi connectivity index (χ2n) is 7.50. The molecule has 0 bridgehead atoms. The molecule has 1 N–H and O–H groups in total. The number of nitro groups is 2. The van der Waals surface area contributed by atoms with E-state index in [2.05, 4.69) is 42.4 Å². The summed E-state index contributed by atoms with van der Waals surface area (Å²) in [7, 11) is 1.48. The number of nitro benzene ring substituents is 2. The fourth-order valence-electron chi connectivity index (χ4n) is 3.08. The molecule has 0 fully saturated rings. The van der Waals surface area contributed by atoms with E-state index in [4.69, 9.17) is 14.2 Å². The van der Waals surface area contributed by atoms with E-state index in [0.29, 0.717) is 38.2 Å². The monoisotopic (exact) mass is 650 g/mol. The second kappa shape index (κ2) is 13.0. The number of nitrogens with zero attached hydrogens (tertiary/aromatic N) is 3. The van der Waals surface area contributed by atoms with Crippen LogP contribution in [0.15, 0.2) is 62.6 Å². The Balaban J connectivity index is 1.74. The van der Waals surface area contributed by atoms with E-state index in [0.717, 1.165) is 24.6 Å². The highest BCUT2D eigenvalue weighted by molar-refractivity contribution is 9.11. The summed E-state index contributed by atoms with van der Waals surface area (Å²) in [5.41, 5.74) is 2.30. The van der Waals surface area contributed by atoms with Crippen LogP contribution in [-0.4, -0.2) is 35.7 Å². The normalized spacial score (nSPS) is 10.7. The Morgan fingerprint density at radius 3 is 2.29 bits per heavy atom. The maximum absolute atomic E-state index is 12.5. The number of carbonyl (C=O) groups is 1. The number of amides is 1. The van der Waals surface area contributed by atoms with Crippen molar-refractivity contribution in [3.63, 3.8) is 0 Å². The van der Waals surface area contributed by atoms with E-state index in [1.807, 2.05) is 6.92 Å². The van der Waals surface area contributed by atoms with Crippen LogP contribution in [-0.2, 0) is 0 Å². The Morgan fingerprint density at radius 1 is 1.00 bits per heavy atom. The average molecular weight is 652 g/mol. The Morgan fingerprint density at radius 2 is 1.68 bits per heavy atom. The van der Waals surface area contributed by atoms with Gasteiger partial charge in [-0.3, -0.25) is 25.0 Å². The van der Waals surface area contributed by atoms with Crippen LogP contribution in [0.25, 0.3) is 0 Å². The van der Waals surface area contributed by atoms with E-state index in [9.17, 15) is 25.0 Å². The standard InChI is InChI=1S/C24H20Br2N4O8/c1-3-8-37-21-6-4-15(11-22(21)36-2)24(31)28-27-13-14-9-17(25)23(18(26)10-14)38-20-7-5-16(29(32)33)12-19(20)30(34)35/h4-7,9-13H,3,8H2,1-2H3,(H,28,31)/b27-13+. The molecule has 198 valence electrons. The number of ether oxygens (including phenoxy) is 3. The molecule has 38 heavy (non-hydrogen) atoms. The van der Waals surface area contributed by atoms with Crippen LogP contribution in [0.2, 0.25) is 0 Å². The van der Waals surface area contributed by atoms with Gasteiger partial charge in [-0.1, -0.05) is 6.92 Å². The Labute approximate surface area is 233 Å². The minimum Gasteiger partial charge on any atom is -0.493 e. The van der Waals surface area contributed by atoms with E-state index in [1.54, 1.807) is 30.3 Å². The van der Waals surface area contributed by atoms with Gasteiger partial charge in [-0.15, -0.1) is 0 Å². The number of hydrazone groups is 1. The number of rotatable bonds is 11. The predicted octanol–water partition coefficient (Wildman–Crippen LogP) is 6.38. The van der Waals surface area contributed by atoms with Crippen molar-refractivity contribution >= 4 is 55.4 Å². The summed E-state index contributed by atoms with van der Waals surface area (Å²) >= 11 is 6.69. The number of hydrogen-bond acceptors (Lipinski definition) is 9. The van der Waals surface area contributed by atoms with Crippen molar-refractivity contribution < 1.29 is 28.9 Å². The topological polar surface area (TPSA) is 155 Å². The number of non-ortho nitro benzene ring substituents is 1. The number of methoxy groups -OCH3 is 1. The van der Waals surface area contributed by atoms with Gasteiger partial charge in [-0.05, 0) is 80.2 Å². The highest BCUT2D eigenvalue weighted by atomic mass is 79.9. The van der Waals surface area contributed by atoms with Crippen molar-refractivity contribution in [1.29, 1.82) is 0 Å². The van der Waals surface area contributed by atoms with Gasteiger partial charge in [0.05, 0.1) is 44.8 Å². The molecule has 0 saturated heterocycles. The molecule has 3 aromatic rings. The van der Waals surface area contributed by atoms with Gasteiger partial charge in [0.2, 0.25) is 5.75 Å². The highest BCUT2D eigenvalue weighted by Crippen LogP contribution is 2.41. The van der Waals surface area contributed by atoms with Gasteiger partial charge in [-0.25, -0.2) is 5.43 Å². The summed E-state index contributed by atoms with van der Waals surface area (Å²) in [5.74, 6) is 0.500. The lowest BCUT2D eigenvalue weighted by molar-refractivity contribution is -0.394. The Bertz CT molecular complexity index is 1390. The maximum atomic E-state index is 12.5. The van der Waals surface area contributed by atoms with Crippen LogP contribution in [0, 0.1) is 20.2 Å². The van der Waals surface area contributed by atoms with Crippen molar-refractivity contribution in [3.8, 4) is 23.0 Å². The van der Waals surface area contributed by atoms with Gasteiger partial charge in [-0.2, -0.15) is 5.10 Å². The summed E-state index contributed by atoms with van der Waals surface area (Å²) in [5, 5.41) is 26.3. The first-order valence-corrected chi connectivity index (χ1v) is 12.5. The van der Waals surface area contributed by atoms with Crippen molar-refractivity contribution in [1.82, 2.24) is 5.43 Å². The third-order valence-electron chi connectivity index (χ3n) is 4.85. The second-order valence-corrected chi connectivity index (χ2v) is 9.20. The smallest absolute Gasteiger partial charge is 0.318 e. The molecule has 0 aliphatic rings. The van der Waals surface area contributed by atoms with E-state index >= 15 is 0 Å². The van der Waals surface area contributed by atoms with Gasteiger partial charge >= 0.3 is 5.69 Å². The van der Waals surface area contributed by atoms with Crippen molar-refractivity contribution in [2.45, 2.75) is 13.3 Å². The Hall–Kier alpha value is -4.04. The summed E-state index contributed by atoms with van der Waals surface area (Å²) < 4.78 is 17.4. The number of halogens is 2. The molecule has 3 rings (SSSR count). The zero-order valence-electron chi connectivity index (χ0n) is 20.0. The molecule has 0 aromatic heterocycles. The third kappa shape index (κ3) is 7.04. The lowest BCUT2D eigenvalue weighted by Crippen LogP contribution is -2.17. The number of nitrogens with one attached hydrogen (secondary N) is 1. The molecule has 0 heterocycles. The lowest BCUT2D eigenvalue weighted by Gasteiger charge is -2.11. The van der Waals surface area contributed by atoms with Crippen molar-refractivity contribution in [3.05, 3.63) is 88.8 Å². The molecule has 3 aromatic carbocycles. The zero-order chi connectivity index (χ0) is 27.8. The molecule has 0 spiro atoms. The van der Waals surface area contributed by atoms with Crippen molar-refractivity contribution in [2.24, 2.45) is 5.10 Å².